The monoisotopic (exact) mass is 180 g/mol. The van der Waals surface area contributed by atoms with Crippen LogP contribution >= 0.6 is 0 Å². The molecule has 1 aromatic heterocycles. The molecule has 0 amide bonds. The van der Waals surface area contributed by atoms with Gasteiger partial charge in [0, 0.05) is 6.42 Å². The molecule has 1 rings (SSSR count). The fourth-order valence-electron chi connectivity index (χ4n) is 0.674. The van der Waals surface area contributed by atoms with Gasteiger partial charge in [0.2, 0.25) is 0 Å². The van der Waals surface area contributed by atoms with Crippen LogP contribution in [0.15, 0.2) is 0 Å². The highest BCUT2D eigenvalue weighted by molar-refractivity contribution is 4.75. The van der Waals surface area contributed by atoms with Crippen LogP contribution in [-0.4, -0.2) is 20.2 Å². The van der Waals surface area contributed by atoms with Crippen molar-refractivity contribution in [3.63, 3.8) is 0 Å². The summed E-state index contributed by atoms with van der Waals surface area (Å²) >= 11 is 0. The molecule has 0 N–H and O–H groups in total. The van der Waals surface area contributed by atoms with E-state index < -0.39 is 6.30 Å². The summed E-state index contributed by atoms with van der Waals surface area (Å²) in [7, 11) is 0. The molecule has 0 aliphatic carbocycles. The fourth-order valence-corrected chi connectivity index (χ4v) is 0.674. The van der Waals surface area contributed by atoms with Gasteiger partial charge in [0.25, 0.3) is 0 Å². The number of aromatic nitrogens is 4. The summed E-state index contributed by atoms with van der Waals surface area (Å²) in [6.45, 7) is 1.83. The SMILES string of the molecule is CCCc1nnn(C(F)(F)F)n1. The number of hydrogen-bond acceptors (Lipinski definition) is 3. The Morgan fingerprint density at radius 3 is 2.50 bits per heavy atom. The van der Waals surface area contributed by atoms with Crippen molar-refractivity contribution in [2.45, 2.75) is 26.1 Å². The van der Waals surface area contributed by atoms with Crippen LogP contribution in [-0.2, 0) is 12.7 Å². The van der Waals surface area contributed by atoms with Crippen molar-refractivity contribution in [2.75, 3.05) is 0 Å². The molecule has 0 aliphatic heterocycles. The quantitative estimate of drug-likeness (QED) is 0.684. The minimum Gasteiger partial charge on any atom is -0.147 e. The lowest BCUT2D eigenvalue weighted by atomic mass is 10.3. The molecule has 0 bridgehead atoms. The molecule has 0 saturated heterocycles. The van der Waals surface area contributed by atoms with Gasteiger partial charge in [-0.2, -0.15) is 0 Å². The van der Waals surface area contributed by atoms with E-state index in [9.17, 15) is 13.2 Å². The highest BCUT2D eigenvalue weighted by atomic mass is 19.4. The van der Waals surface area contributed by atoms with E-state index in [0.717, 1.165) is 0 Å². The van der Waals surface area contributed by atoms with Gasteiger partial charge in [-0.25, -0.2) is 0 Å². The summed E-state index contributed by atoms with van der Waals surface area (Å²) < 4.78 is 35.5. The average molecular weight is 180 g/mol. The Hall–Kier alpha value is -1.14. The van der Waals surface area contributed by atoms with E-state index >= 15 is 0 Å². The fraction of sp³-hybridized carbons (Fsp3) is 0.800. The number of tetrazole rings is 1. The second-order valence-electron chi connectivity index (χ2n) is 2.21. The Bertz CT molecular complexity index is 253. The zero-order chi connectivity index (χ0) is 9.19. The molecule has 0 aromatic carbocycles. The van der Waals surface area contributed by atoms with E-state index in [1.54, 1.807) is 0 Å². The van der Waals surface area contributed by atoms with Crippen LogP contribution in [0, 0.1) is 0 Å². The van der Waals surface area contributed by atoms with Crippen LogP contribution in [0.2, 0.25) is 0 Å². The molecule has 68 valence electrons. The topological polar surface area (TPSA) is 43.6 Å². The summed E-state index contributed by atoms with van der Waals surface area (Å²) in [5, 5.41) is 9.23. The molecule has 0 atom stereocenters. The first kappa shape index (κ1) is 8.95. The minimum absolute atomic E-state index is 0.120. The zero-order valence-electron chi connectivity index (χ0n) is 6.34. The van der Waals surface area contributed by atoms with Gasteiger partial charge < -0.3 is 0 Å². The third-order valence-electron chi connectivity index (χ3n) is 1.16. The lowest BCUT2D eigenvalue weighted by Crippen LogP contribution is -2.20. The summed E-state index contributed by atoms with van der Waals surface area (Å²) in [5.41, 5.74) is 0. The molecule has 1 aromatic rings. The standard InChI is InChI=1S/C5H7F3N4/c1-2-3-4-9-11-12(10-4)5(6,7)8/h2-3H2,1H3. The van der Waals surface area contributed by atoms with Crippen LogP contribution in [0.3, 0.4) is 0 Å². The molecule has 1 heterocycles. The lowest BCUT2D eigenvalue weighted by Gasteiger charge is -2.00. The van der Waals surface area contributed by atoms with E-state index in [1.165, 1.54) is 0 Å². The second kappa shape index (κ2) is 3.08. The van der Waals surface area contributed by atoms with Gasteiger partial charge in [-0.05, 0) is 11.6 Å². The van der Waals surface area contributed by atoms with Gasteiger partial charge >= 0.3 is 6.30 Å². The van der Waals surface area contributed by atoms with E-state index in [2.05, 4.69) is 15.4 Å². The summed E-state index contributed by atoms with van der Waals surface area (Å²) in [6, 6.07) is 0. The van der Waals surface area contributed by atoms with Gasteiger partial charge in [0.05, 0.1) is 0 Å². The maximum atomic E-state index is 11.8. The highest BCUT2D eigenvalue weighted by Gasteiger charge is 2.34. The number of rotatable bonds is 2. The largest absolute Gasteiger partial charge is 0.522 e. The number of hydrogen-bond donors (Lipinski definition) is 0. The summed E-state index contributed by atoms with van der Waals surface area (Å²) in [6.07, 6.45) is -3.45. The van der Waals surface area contributed by atoms with Crippen molar-refractivity contribution in [3.8, 4) is 0 Å². The smallest absolute Gasteiger partial charge is 0.147 e. The van der Waals surface area contributed by atoms with Crippen molar-refractivity contribution in [1.82, 2.24) is 20.2 Å². The Morgan fingerprint density at radius 1 is 1.42 bits per heavy atom. The van der Waals surface area contributed by atoms with Crippen LogP contribution in [0.5, 0.6) is 0 Å². The van der Waals surface area contributed by atoms with Crippen molar-refractivity contribution in [3.05, 3.63) is 5.82 Å². The van der Waals surface area contributed by atoms with Crippen LogP contribution in [0.25, 0.3) is 0 Å². The first-order valence-corrected chi connectivity index (χ1v) is 3.40. The molecule has 7 heteroatoms. The zero-order valence-corrected chi connectivity index (χ0v) is 6.34. The Labute approximate surface area is 66.4 Å². The lowest BCUT2D eigenvalue weighted by molar-refractivity contribution is -0.222. The van der Waals surface area contributed by atoms with E-state index in [1.807, 2.05) is 6.92 Å². The van der Waals surface area contributed by atoms with Crippen molar-refractivity contribution in [2.24, 2.45) is 0 Å². The van der Waals surface area contributed by atoms with Crippen molar-refractivity contribution >= 4 is 0 Å². The molecule has 0 aliphatic rings. The maximum absolute atomic E-state index is 11.8. The first-order chi connectivity index (χ1) is 5.54. The number of aryl methyl sites for hydroxylation is 1. The van der Waals surface area contributed by atoms with E-state index in [0.29, 0.717) is 12.8 Å². The third-order valence-corrected chi connectivity index (χ3v) is 1.16. The number of alkyl halides is 3. The Kier molecular flexibility index (Phi) is 2.30. The molecule has 4 nitrogen and oxygen atoms in total. The van der Waals surface area contributed by atoms with Crippen molar-refractivity contribution in [1.29, 1.82) is 0 Å². The molecule has 12 heavy (non-hydrogen) atoms. The van der Waals surface area contributed by atoms with Gasteiger partial charge in [-0.1, -0.05) is 11.7 Å². The molecule has 0 spiro atoms. The molecule has 0 saturated carbocycles. The average Bonchev–Trinajstić information content (AvgIpc) is 2.35. The molecule has 0 unspecified atom stereocenters. The normalized spacial score (nSPS) is 12.0. The second-order valence-corrected chi connectivity index (χ2v) is 2.21. The molecule has 0 radical (unpaired) electrons. The van der Waals surface area contributed by atoms with Gasteiger partial charge in [0.1, 0.15) is 0 Å². The maximum Gasteiger partial charge on any atom is 0.522 e. The first-order valence-electron chi connectivity index (χ1n) is 3.40. The molecular weight excluding hydrogens is 173 g/mol. The van der Waals surface area contributed by atoms with Gasteiger partial charge in [0.15, 0.2) is 5.82 Å². The van der Waals surface area contributed by atoms with E-state index in [4.69, 9.17) is 0 Å². The van der Waals surface area contributed by atoms with E-state index in [-0.39, 0.29) is 10.6 Å². The third kappa shape index (κ3) is 1.93. The Morgan fingerprint density at radius 2 is 2.08 bits per heavy atom. The predicted octanol–water partition coefficient (Wildman–Crippen LogP) is 1.10. The highest BCUT2D eigenvalue weighted by Crippen LogP contribution is 2.18. The van der Waals surface area contributed by atoms with Crippen LogP contribution < -0.4 is 0 Å². The van der Waals surface area contributed by atoms with Crippen LogP contribution in [0.4, 0.5) is 13.2 Å². The van der Waals surface area contributed by atoms with Crippen LogP contribution in [0.1, 0.15) is 19.2 Å². The summed E-state index contributed by atoms with van der Waals surface area (Å²) in [4.78, 5) is -0.335. The molecule has 0 fully saturated rings. The van der Waals surface area contributed by atoms with Crippen molar-refractivity contribution < 1.29 is 13.2 Å². The number of halogens is 3. The number of nitrogens with zero attached hydrogens (tertiary/aromatic N) is 4. The Balaban J connectivity index is 2.77. The predicted molar refractivity (Wildman–Crippen MR) is 33.1 cm³/mol. The summed E-state index contributed by atoms with van der Waals surface area (Å²) in [5.74, 6) is 0.120. The van der Waals surface area contributed by atoms with Gasteiger partial charge in [-0.3, -0.25) is 0 Å². The van der Waals surface area contributed by atoms with Gasteiger partial charge in [-0.15, -0.1) is 23.4 Å². The molecular formula is C5H7F3N4. The minimum atomic E-state index is -4.56.